The Labute approximate surface area is 95.2 Å². The Balaban J connectivity index is 2.69. The Kier molecular flexibility index (Phi) is 4.60. The maximum absolute atomic E-state index is 5.74. The molecule has 0 aromatic carbocycles. The Morgan fingerprint density at radius 1 is 1.00 bits per heavy atom. The fraction of sp³-hybridized carbons (Fsp3) is 1.00. The van der Waals surface area contributed by atoms with Crippen LogP contribution in [0.3, 0.4) is 0 Å². The highest BCUT2D eigenvalue weighted by Gasteiger charge is 2.57. The summed E-state index contributed by atoms with van der Waals surface area (Å²) in [5.41, 5.74) is 0.154. The highest BCUT2D eigenvalue weighted by atomic mass is 16.6. The zero-order chi connectivity index (χ0) is 11.4. The summed E-state index contributed by atoms with van der Waals surface area (Å²) < 4.78 is 6.94. The highest BCUT2D eigenvalue weighted by molar-refractivity contribution is 4.78. The van der Waals surface area contributed by atoms with Gasteiger partial charge in [0.25, 0.3) is 0 Å². The molecule has 0 radical (unpaired) electrons. The molecule has 15 heavy (non-hydrogen) atoms. The quantitative estimate of drug-likeness (QED) is 0.446. The number of epoxide rings is 1. The van der Waals surface area contributed by atoms with Gasteiger partial charge in [-0.3, -0.25) is 4.48 Å². The summed E-state index contributed by atoms with van der Waals surface area (Å²) in [5, 5.41) is 0. The Bertz CT molecular complexity index is 181. The van der Waals surface area contributed by atoms with Gasteiger partial charge in [0.05, 0.1) is 19.6 Å². The van der Waals surface area contributed by atoms with Gasteiger partial charge in [0.1, 0.15) is 6.61 Å². The molecule has 0 amide bonds. The number of unbranched alkanes of at least 4 members (excludes halogenated alkanes) is 1. The molecule has 1 aliphatic rings. The number of nitrogens with zero attached hydrogens (tertiary/aromatic N) is 1. The lowest BCUT2D eigenvalue weighted by atomic mass is 10.1. The molecule has 0 N–H and O–H groups in total. The fourth-order valence-electron chi connectivity index (χ4n) is 2.74. The van der Waals surface area contributed by atoms with Crippen LogP contribution in [0.1, 0.15) is 53.4 Å². The third kappa shape index (κ3) is 2.73. The molecule has 2 heteroatoms. The minimum Gasteiger partial charge on any atom is -0.316 e. The summed E-state index contributed by atoms with van der Waals surface area (Å²) in [5.74, 6) is 0. The van der Waals surface area contributed by atoms with Crippen LogP contribution in [0.15, 0.2) is 0 Å². The van der Waals surface area contributed by atoms with Crippen LogP contribution in [0.4, 0.5) is 0 Å². The maximum atomic E-state index is 5.74. The molecule has 0 spiro atoms. The Hall–Kier alpha value is -0.0800. The average molecular weight is 214 g/mol. The molecule has 2 nitrogen and oxygen atoms in total. The van der Waals surface area contributed by atoms with Gasteiger partial charge < -0.3 is 4.74 Å². The zero-order valence-corrected chi connectivity index (χ0v) is 11.0. The van der Waals surface area contributed by atoms with Crippen molar-refractivity contribution < 1.29 is 9.22 Å². The normalized spacial score (nSPS) is 25.6. The molecule has 90 valence electrons. The first-order valence-electron chi connectivity index (χ1n) is 6.64. The third-order valence-corrected chi connectivity index (χ3v) is 3.81. The summed E-state index contributed by atoms with van der Waals surface area (Å²) in [6.45, 7) is 14.0. The van der Waals surface area contributed by atoms with Crippen LogP contribution in [0.5, 0.6) is 0 Å². The molecule has 0 bridgehead atoms. The topological polar surface area (TPSA) is 12.5 Å². The summed E-state index contributed by atoms with van der Waals surface area (Å²) in [7, 11) is 0. The van der Waals surface area contributed by atoms with E-state index in [1.165, 1.54) is 49.8 Å². The first-order chi connectivity index (χ1) is 7.14. The fourth-order valence-corrected chi connectivity index (χ4v) is 2.74. The van der Waals surface area contributed by atoms with Crippen LogP contribution in [-0.4, -0.2) is 36.4 Å². The number of ether oxygens (including phenoxy) is 1. The molecule has 1 rings (SSSR count). The summed E-state index contributed by atoms with van der Waals surface area (Å²) in [6.07, 6.45) is 5.16. The van der Waals surface area contributed by atoms with Crippen molar-refractivity contribution in [3.8, 4) is 0 Å². The van der Waals surface area contributed by atoms with Gasteiger partial charge in [-0.25, -0.2) is 0 Å². The van der Waals surface area contributed by atoms with Crippen molar-refractivity contribution in [1.29, 1.82) is 0 Å². The van der Waals surface area contributed by atoms with E-state index in [0.717, 1.165) is 6.61 Å². The van der Waals surface area contributed by atoms with E-state index in [-0.39, 0.29) is 5.72 Å². The predicted molar refractivity (Wildman–Crippen MR) is 64.7 cm³/mol. The van der Waals surface area contributed by atoms with Crippen LogP contribution < -0.4 is 0 Å². The van der Waals surface area contributed by atoms with Crippen molar-refractivity contribution in [3.63, 3.8) is 0 Å². The van der Waals surface area contributed by atoms with E-state index in [9.17, 15) is 0 Å². The minimum absolute atomic E-state index is 0.154. The summed E-state index contributed by atoms with van der Waals surface area (Å²) >= 11 is 0. The average Bonchev–Trinajstić information content (AvgIpc) is 2.95. The number of hydrogen-bond donors (Lipinski definition) is 0. The van der Waals surface area contributed by atoms with E-state index >= 15 is 0 Å². The standard InChI is InChI=1S/C13H28NO/c1-5-8-11-14(9-6-2,10-7-3)13(4)12-15-13/h5-12H2,1-4H3/q+1. The van der Waals surface area contributed by atoms with Crippen molar-refractivity contribution in [2.45, 2.75) is 59.1 Å². The van der Waals surface area contributed by atoms with E-state index in [4.69, 9.17) is 4.74 Å². The van der Waals surface area contributed by atoms with Crippen molar-refractivity contribution in [2.24, 2.45) is 0 Å². The van der Waals surface area contributed by atoms with E-state index in [2.05, 4.69) is 27.7 Å². The minimum atomic E-state index is 0.154. The lowest BCUT2D eigenvalue weighted by Crippen LogP contribution is -2.58. The van der Waals surface area contributed by atoms with Crippen LogP contribution in [0.25, 0.3) is 0 Å². The van der Waals surface area contributed by atoms with E-state index < -0.39 is 0 Å². The Morgan fingerprint density at radius 2 is 1.53 bits per heavy atom. The zero-order valence-electron chi connectivity index (χ0n) is 11.0. The van der Waals surface area contributed by atoms with E-state index in [0.29, 0.717) is 0 Å². The smallest absolute Gasteiger partial charge is 0.224 e. The van der Waals surface area contributed by atoms with Crippen LogP contribution in [0.2, 0.25) is 0 Å². The maximum Gasteiger partial charge on any atom is 0.224 e. The third-order valence-electron chi connectivity index (χ3n) is 3.81. The molecule has 0 aromatic heterocycles. The van der Waals surface area contributed by atoms with Crippen molar-refractivity contribution in [3.05, 3.63) is 0 Å². The molecule has 0 aliphatic carbocycles. The van der Waals surface area contributed by atoms with Crippen molar-refractivity contribution >= 4 is 0 Å². The van der Waals surface area contributed by atoms with Crippen LogP contribution >= 0.6 is 0 Å². The second-order valence-electron chi connectivity index (χ2n) is 5.13. The van der Waals surface area contributed by atoms with E-state index in [1.807, 2.05) is 0 Å². The molecular weight excluding hydrogens is 186 g/mol. The number of rotatable bonds is 8. The second kappa shape index (κ2) is 5.31. The molecule has 0 saturated carbocycles. The van der Waals surface area contributed by atoms with Gasteiger partial charge in [0, 0.05) is 6.92 Å². The second-order valence-corrected chi connectivity index (χ2v) is 5.13. The molecule has 1 unspecified atom stereocenters. The molecule has 1 aliphatic heterocycles. The van der Waals surface area contributed by atoms with Gasteiger partial charge in [-0.05, 0) is 19.3 Å². The van der Waals surface area contributed by atoms with Crippen molar-refractivity contribution in [1.82, 2.24) is 0 Å². The highest BCUT2D eigenvalue weighted by Crippen LogP contribution is 2.39. The lowest BCUT2D eigenvalue weighted by molar-refractivity contribution is -0.970. The van der Waals surface area contributed by atoms with Gasteiger partial charge in [-0.1, -0.05) is 27.2 Å². The van der Waals surface area contributed by atoms with Crippen molar-refractivity contribution in [2.75, 3.05) is 26.2 Å². The SMILES string of the molecule is CCCC[N+](CCC)(CCC)C1(C)CO1. The predicted octanol–water partition coefficient (Wildman–Crippen LogP) is 3.17. The van der Waals surface area contributed by atoms with Gasteiger partial charge in [-0.15, -0.1) is 0 Å². The molecular formula is C13H28NO+. The first kappa shape index (κ1) is 13.0. The number of quaternary nitrogens is 1. The molecule has 1 heterocycles. The van der Waals surface area contributed by atoms with Gasteiger partial charge in [0.15, 0.2) is 0 Å². The first-order valence-corrected chi connectivity index (χ1v) is 6.64. The van der Waals surface area contributed by atoms with Gasteiger partial charge in [-0.2, -0.15) is 0 Å². The van der Waals surface area contributed by atoms with Gasteiger partial charge >= 0.3 is 0 Å². The van der Waals surface area contributed by atoms with Crippen LogP contribution in [0, 0.1) is 0 Å². The lowest BCUT2D eigenvalue weighted by Gasteiger charge is -2.42. The largest absolute Gasteiger partial charge is 0.316 e. The monoisotopic (exact) mass is 214 g/mol. The van der Waals surface area contributed by atoms with E-state index in [1.54, 1.807) is 0 Å². The molecule has 1 atom stereocenters. The molecule has 1 fully saturated rings. The van der Waals surface area contributed by atoms with Gasteiger partial charge in [0.2, 0.25) is 5.72 Å². The Morgan fingerprint density at radius 3 is 1.87 bits per heavy atom. The molecule has 0 aromatic rings. The summed E-state index contributed by atoms with van der Waals surface area (Å²) in [4.78, 5) is 0. The number of hydrogen-bond acceptors (Lipinski definition) is 1. The van der Waals surface area contributed by atoms with Crippen LogP contribution in [-0.2, 0) is 4.74 Å². The summed E-state index contributed by atoms with van der Waals surface area (Å²) in [6, 6.07) is 0. The molecule has 1 saturated heterocycles.